The van der Waals surface area contributed by atoms with Crippen molar-refractivity contribution in [3.63, 3.8) is 0 Å². The summed E-state index contributed by atoms with van der Waals surface area (Å²) in [6, 6.07) is 10.1. The summed E-state index contributed by atoms with van der Waals surface area (Å²) in [5.74, 6) is 0. The van der Waals surface area contributed by atoms with E-state index in [0.29, 0.717) is 6.61 Å². The fourth-order valence-corrected chi connectivity index (χ4v) is 3.03. The second kappa shape index (κ2) is 8.66. The summed E-state index contributed by atoms with van der Waals surface area (Å²) < 4.78 is 21.4. The van der Waals surface area contributed by atoms with Crippen molar-refractivity contribution < 1.29 is 10.4 Å². The summed E-state index contributed by atoms with van der Waals surface area (Å²) in [4.78, 5) is 0. The van der Waals surface area contributed by atoms with E-state index in [4.69, 9.17) is 4.74 Å². The molecule has 3 atom stereocenters. The van der Waals surface area contributed by atoms with Crippen molar-refractivity contribution in [3.05, 3.63) is 35.9 Å². The number of hydrogen-bond acceptors (Lipinski definition) is 2. The standard InChI is InChI=1S/C17H29NO2S.H2/c1-6-11-15(20-7-2)16(14-12-9-8-10-13-14)18-21(19)17(3,4)5;/h8-10,12-13,15-16,18H,6-7,11H2,1-5H3;1H/t15-,16+,21+;/m0./s1. The predicted octanol–water partition coefficient (Wildman–Crippen LogP) is 4.23. The van der Waals surface area contributed by atoms with Crippen LogP contribution in [0.4, 0.5) is 0 Å². The Morgan fingerprint density at radius 3 is 2.33 bits per heavy atom. The third kappa shape index (κ3) is 5.89. The summed E-state index contributed by atoms with van der Waals surface area (Å²) in [6.45, 7) is 10.8. The molecule has 0 unspecified atom stereocenters. The Morgan fingerprint density at radius 1 is 1.24 bits per heavy atom. The molecule has 3 nitrogen and oxygen atoms in total. The van der Waals surface area contributed by atoms with Crippen molar-refractivity contribution in [2.45, 2.75) is 64.4 Å². The minimum absolute atomic E-state index is 0. The van der Waals surface area contributed by atoms with E-state index in [1.165, 1.54) is 0 Å². The van der Waals surface area contributed by atoms with Gasteiger partial charge in [0, 0.05) is 8.03 Å². The second-order valence-corrected chi connectivity index (χ2v) is 8.17. The van der Waals surface area contributed by atoms with Gasteiger partial charge >= 0.3 is 0 Å². The van der Waals surface area contributed by atoms with Crippen LogP contribution in [0.3, 0.4) is 0 Å². The van der Waals surface area contributed by atoms with E-state index in [2.05, 4.69) is 23.8 Å². The molecule has 0 aliphatic heterocycles. The van der Waals surface area contributed by atoms with Crippen LogP contribution >= 0.6 is 0 Å². The van der Waals surface area contributed by atoms with Gasteiger partial charge < -0.3 is 4.74 Å². The van der Waals surface area contributed by atoms with Crippen LogP contribution in [0.1, 0.15) is 60.5 Å². The first-order valence-electron chi connectivity index (χ1n) is 7.74. The van der Waals surface area contributed by atoms with Gasteiger partial charge in [0.1, 0.15) is 0 Å². The molecule has 0 aliphatic carbocycles. The van der Waals surface area contributed by atoms with Gasteiger partial charge in [-0.05, 0) is 39.7 Å². The maximum Gasteiger partial charge on any atom is 0.0976 e. The molecule has 0 radical (unpaired) electrons. The quantitative estimate of drug-likeness (QED) is 0.780. The van der Waals surface area contributed by atoms with Crippen LogP contribution in [-0.4, -0.2) is 21.7 Å². The first-order chi connectivity index (χ1) is 9.90. The van der Waals surface area contributed by atoms with Gasteiger partial charge in [-0.1, -0.05) is 43.7 Å². The molecule has 1 N–H and O–H groups in total. The number of benzene rings is 1. The average Bonchev–Trinajstić information content (AvgIpc) is 2.44. The first-order valence-corrected chi connectivity index (χ1v) is 8.89. The van der Waals surface area contributed by atoms with Crippen LogP contribution in [0.15, 0.2) is 30.3 Å². The van der Waals surface area contributed by atoms with Crippen molar-refractivity contribution in [2.75, 3.05) is 6.61 Å². The van der Waals surface area contributed by atoms with E-state index in [9.17, 15) is 4.21 Å². The Kier molecular flexibility index (Phi) is 7.57. The predicted molar refractivity (Wildman–Crippen MR) is 92.7 cm³/mol. The summed E-state index contributed by atoms with van der Waals surface area (Å²) >= 11 is 0. The highest BCUT2D eigenvalue weighted by atomic mass is 32.2. The third-order valence-corrected chi connectivity index (χ3v) is 4.85. The Balaban J connectivity index is 0.00000441. The minimum Gasteiger partial charge on any atom is -0.376 e. The second-order valence-electron chi connectivity index (χ2n) is 6.17. The normalized spacial score (nSPS) is 16.4. The minimum atomic E-state index is -1.13. The lowest BCUT2D eigenvalue weighted by atomic mass is 9.99. The third-order valence-electron chi connectivity index (χ3n) is 3.27. The monoisotopic (exact) mass is 313 g/mol. The van der Waals surface area contributed by atoms with Gasteiger partial charge in [-0.25, -0.2) is 8.93 Å². The van der Waals surface area contributed by atoms with Crippen LogP contribution in [0, 0.1) is 0 Å². The number of ether oxygens (including phenoxy) is 1. The summed E-state index contributed by atoms with van der Waals surface area (Å²) in [7, 11) is -1.13. The fraction of sp³-hybridized carbons (Fsp3) is 0.647. The van der Waals surface area contributed by atoms with Gasteiger partial charge in [-0.3, -0.25) is 0 Å². The lowest BCUT2D eigenvalue weighted by Gasteiger charge is -2.30. The summed E-state index contributed by atoms with van der Waals surface area (Å²) in [5, 5.41) is 0. The van der Waals surface area contributed by atoms with Gasteiger partial charge in [0.15, 0.2) is 0 Å². The van der Waals surface area contributed by atoms with Crippen LogP contribution in [0.5, 0.6) is 0 Å². The van der Waals surface area contributed by atoms with Gasteiger partial charge in [0.05, 0.1) is 27.9 Å². The highest BCUT2D eigenvalue weighted by Gasteiger charge is 2.28. The van der Waals surface area contributed by atoms with E-state index in [-0.39, 0.29) is 18.3 Å². The van der Waals surface area contributed by atoms with E-state index in [1.54, 1.807) is 0 Å². The van der Waals surface area contributed by atoms with Gasteiger partial charge in [-0.15, -0.1) is 0 Å². The van der Waals surface area contributed by atoms with Gasteiger partial charge in [0.25, 0.3) is 0 Å². The molecule has 0 amide bonds. The van der Waals surface area contributed by atoms with Crippen molar-refractivity contribution in [1.29, 1.82) is 0 Å². The molecule has 0 spiro atoms. The molecule has 4 heteroatoms. The largest absolute Gasteiger partial charge is 0.376 e. The molecule has 0 saturated heterocycles. The van der Waals surface area contributed by atoms with Gasteiger partial charge in [-0.2, -0.15) is 0 Å². The van der Waals surface area contributed by atoms with Crippen molar-refractivity contribution in [2.24, 2.45) is 0 Å². The molecule has 0 aromatic heterocycles. The van der Waals surface area contributed by atoms with E-state index in [0.717, 1.165) is 18.4 Å². The topological polar surface area (TPSA) is 38.3 Å². The molecule has 0 saturated carbocycles. The fourth-order valence-electron chi connectivity index (χ4n) is 2.16. The molecule has 1 rings (SSSR count). The van der Waals surface area contributed by atoms with Crippen LogP contribution in [0.2, 0.25) is 0 Å². The average molecular weight is 314 g/mol. The molecule has 21 heavy (non-hydrogen) atoms. The molecule has 0 heterocycles. The Labute approximate surface area is 133 Å². The molecule has 0 fully saturated rings. The maximum absolute atomic E-state index is 12.5. The highest BCUT2D eigenvalue weighted by molar-refractivity contribution is 7.84. The van der Waals surface area contributed by atoms with E-state index < -0.39 is 11.0 Å². The zero-order valence-corrected chi connectivity index (χ0v) is 14.7. The lowest BCUT2D eigenvalue weighted by molar-refractivity contribution is 0.0335. The van der Waals surface area contributed by atoms with Crippen LogP contribution < -0.4 is 4.72 Å². The summed E-state index contributed by atoms with van der Waals surface area (Å²) in [6.07, 6.45) is 2.02. The number of hydrogen-bond donors (Lipinski definition) is 1. The zero-order valence-electron chi connectivity index (χ0n) is 13.9. The first kappa shape index (κ1) is 18.3. The summed E-state index contributed by atoms with van der Waals surface area (Å²) in [5.41, 5.74) is 1.13. The molecule has 0 aliphatic rings. The Morgan fingerprint density at radius 2 is 1.86 bits per heavy atom. The van der Waals surface area contributed by atoms with Crippen molar-refractivity contribution >= 4 is 11.0 Å². The zero-order chi connectivity index (χ0) is 15.9. The smallest absolute Gasteiger partial charge is 0.0976 e. The number of nitrogens with one attached hydrogen (secondary N) is 1. The van der Waals surface area contributed by atoms with Crippen LogP contribution in [0.25, 0.3) is 0 Å². The van der Waals surface area contributed by atoms with Crippen LogP contribution in [-0.2, 0) is 15.7 Å². The SMILES string of the molecule is CCC[C@H](OCC)[C@H](N[S@](=O)C(C)(C)C)c1ccccc1.[HH]. The molecule has 1 aromatic rings. The molecule has 122 valence electrons. The Bertz CT molecular complexity index is 428. The molecule has 1 aromatic carbocycles. The highest BCUT2D eigenvalue weighted by Crippen LogP contribution is 2.25. The lowest BCUT2D eigenvalue weighted by Crippen LogP contribution is -2.41. The number of rotatable bonds is 8. The van der Waals surface area contributed by atoms with Gasteiger partial charge in [0.2, 0.25) is 0 Å². The molecular weight excluding hydrogens is 282 g/mol. The molecule has 0 bridgehead atoms. The van der Waals surface area contributed by atoms with Crippen molar-refractivity contribution in [1.82, 2.24) is 4.72 Å². The molecular formula is C17H31NO2S. The van der Waals surface area contributed by atoms with E-state index in [1.807, 2.05) is 45.9 Å². The maximum atomic E-state index is 12.5. The van der Waals surface area contributed by atoms with E-state index >= 15 is 0 Å². The van der Waals surface area contributed by atoms with Crippen molar-refractivity contribution in [3.8, 4) is 0 Å². The Hall–Kier alpha value is -0.710.